The fourth-order valence-corrected chi connectivity index (χ4v) is 4.33. The predicted octanol–water partition coefficient (Wildman–Crippen LogP) is 2.97. The second-order valence-corrected chi connectivity index (χ2v) is 9.58. The van der Waals surface area contributed by atoms with E-state index in [-0.39, 0.29) is 18.1 Å². The van der Waals surface area contributed by atoms with E-state index in [0.29, 0.717) is 11.4 Å². The smallest absolute Gasteiger partial charge is 0.244 e. The van der Waals surface area contributed by atoms with Crippen molar-refractivity contribution in [3.8, 4) is 0 Å². The van der Waals surface area contributed by atoms with Gasteiger partial charge in [-0.3, -0.25) is 13.9 Å². The number of hydrogen-bond donors (Lipinski definition) is 1. The molecule has 31 heavy (non-hydrogen) atoms. The summed E-state index contributed by atoms with van der Waals surface area (Å²) in [5.41, 5.74) is 2.14. The van der Waals surface area contributed by atoms with Crippen LogP contribution in [0.5, 0.6) is 0 Å². The van der Waals surface area contributed by atoms with Gasteiger partial charge in [0.05, 0.1) is 11.9 Å². The minimum Gasteiger partial charge on any atom is -0.357 e. The van der Waals surface area contributed by atoms with Crippen molar-refractivity contribution in [3.63, 3.8) is 0 Å². The van der Waals surface area contributed by atoms with Crippen LogP contribution < -0.4 is 9.62 Å². The molecule has 0 spiro atoms. The number of halogens is 1. The number of sulfonamides is 1. The van der Waals surface area contributed by atoms with Gasteiger partial charge < -0.3 is 10.2 Å². The zero-order chi connectivity index (χ0) is 23.2. The summed E-state index contributed by atoms with van der Waals surface area (Å²) in [6.45, 7) is 3.47. The number of hydrogen-bond acceptors (Lipinski definition) is 4. The Morgan fingerprint density at radius 3 is 2.35 bits per heavy atom. The van der Waals surface area contributed by atoms with Gasteiger partial charge in [-0.15, -0.1) is 0 Å². The van der Waals surface area contributed by atoms with Gasteiger partial charge in [-0.25, -0.2) is 8.42 Å². The van der Waals surface area contributed by atoms with Gasteiger partial charge in [-0.1, -0.05) is 48.9 Å². The zero-order valence-corrected chi connectivity index (χ0v) is 19.7. The maximum absolute atomic E-state index is 13.4. The number of amides is 2. The Morgan fingerprint density at radius 2 is 1.81 bits per heavy atom. The first kappa shape index (κ1) is 24.7. The molecule has 2 amide bonds. The highest BCUT2D eigenvalue weighted by Crippen LogP contribution is 2.23. The van der Waals surface area contributed by atoms with E-state index >= 15 is 0 Å². The van der Waals surface area contributed by atoms with Crippen molar-refractivity contribution in [1.29, 1.82) is 0 Å². The summed E-state index contributed by atoms with van der Waals surface area (Å²) in [5, 5.41) is 2.95. The van der Waals surface area contributed by atoms with E-state index in [0.717, 1.165) is 21.7 Å². The predicted molar refractivity (Wildman–Crippen MR) is 124 cm³/mol. The number of anilines is 1. The number of carbonyl (C=O) groups is 2. The number of nitrogens with one attached hydrogen (secondary N) is 1. The van der Waals surface area contributed by atoms with Gasteiger partial charge in [0.1, 0.15) is 12.6 Å². The highest BCUT2D eigenvalue weighted by Gasteiger charge is 2.31. The summed E-state index contributed by atoms with van der Waals surface area (Å²) < 4.78 is 26.0. The highest BCUT2D eigenvalue weighted by atomic mass is 35.5. The zero-order valence-electron chi connectivity index (χ0n) is 18.1. The molecule has 0 heterocycles. The molecule has 0 fully saturated rings. The second-order valence-electron chi connectivity index (χ2n) is 7.24. The van der Waals surface area contributed by atoms with E-state index in [1.54, 1.807) is 18.2 Å². The molecule has 0 aliphatic carbocycles. The van der Waals surface area contributed by atoms with Crippen molar-refractivity contribution >= 4 is 39.1 Å². The molecule has 2 rings (SSSR count). The molecule has 0 saturated heterocycles. The van der Waals surface area contributed by atoms with Crippen molar-refractivity contribution < 1.29 is 18.0 Å². The first-order valence-electron chi connectivity index (χ1n) is 9.87. The van der Waals surface area contributed by atoms with Crippen LogP contribution in [0.2, 0.25) is 5.02 Å². The van der Waals surface area contributed by atoms with Crippen molar-refractivity contribution in [2.24, 2.45) is 0 Å². The van der Waals surface area contributed by atoms with Gasteiger partial charge in [0.2, 0.25) is 21.8 Å². The van der Waals surface area contributed by atoms with Gasteiger partial charge in [0.15, 0.2) is 0 Å². The quantitative estimate of drug-likeness (QED) is 0.616. The first-order valence-corrected chi connectivity index (χ1v) is 12.1. The van der Waals surface area contributed by atoms with E-state index < -0.39 is 28.5 Å². The normalized spacial score (nSPS) is 12.2. The lowest BCUT2D eigenvalue weighted by atomic mass is 10.1. The molecule has 168 valence electrons. The summed E-state index contributed by atoms with van der Waals surface area (Å²) in [6, 6.07) is 13.1. The van der Waals surface area contributed by atoms with Crippen molar-refractivity contribution in [3.05, 3.63) is 64.7 Å². The number of rotatable bonds is 9. The number of benzene rings is 2. The van der Waals surface area contributed by atoms with Crippen LogP contribution in [-0.2, 0) is 26.2 Å². The lowest BCUT2D eigenvalue weighted by Gasteiger charge is -2.33. The summed E-state index contributed by atoms with van der Waals surface area (Å²) in [5.74, 6) is -0.790. The molecule has 1 N–H and O–H groups in total. The largest absolute Gasteiger partial charge is 0.357 e. The Kier molecular flexibility index (Phi) is 8.47. The molecule has 0 unspecified atom stereocenters. The molecule has 2 aromatic rings. The van der Waals surface area contributed by atoms with Gasteiger partial charge in [-0.05, 0) is 42.7 Å². The topological polar surface area (TPSA) is 86.8 Å². The van der Waals surface area contributed by atoms with E-state index in [2.05, 4.69) is 5.32 Å². The van der Waals surface area contributed by atoms with Gasteiger partial charge in [-0.2, -0.15) is 0 Å². The Hall–Kier alpha value is -2.58. The molecule has 2 aromatic carbocycles. The molecular formula is C22H28ClN3O4S. The van der Waals surface area contributed by atoms with E-state index in [1.807, 2.05) is 38.1 Å². The summed E-state index contributed by atoms with van der Waals surface area (Å²) >= 11 is 6.03. The van der Waals surface area contributed by atoms with Crippen LogP contribution in [0, 0.1) is 6.92 Å². The summed E-state index contributed by atoms with van der Waals surface area (Å²) in [6.07, 6.45) is 1.41. The summed E-state index contributed by atoms with van der Waals surface area (Å²) in [7, 11) is -2.27. The van der Waals surface area contributed by atoms with Crippen molar-refractivity contribution in [2.45, 2.75) is 32.9 Å². The monoisotopic (exact) mass is 465 g/mol. The van der Waals surface area contributed by atoms with E-state index in [1.165, 1.54) is 18.0 Å². The lowest BCUT2D eigenvalue weighted by Crippen LogP contribution is -2.51. The lowest BCUT2D eigenvalue weighted by molar-refractivity contribution is -0.140. The molecule has 0 saturated carbocycles. The number of likely N-dealkylation sites (N-methyl/N-ethyl adjacent to an activating group) is 1. The minimum absolute atomic E-state index is 0.185. The Labute approximate surface area is 189 Å². The Morgan fingerprint density at radius 1 is 1.13 bits per heavy atom. The summed E-state index contributed by atoms with van der Waals surface area (Å²) in [4.78, 5) is 27.3. The SMILES string of the molecule is CC[C@@H](C(=O)NC)N(Cc1ccccc1C)C(=O)CN(c1cccc(Cl)c1)S(C)(=O)=O. The third kappa shape index (κ3) is 6.45. The van der Waals surface area contributed by atoms with Crippen LogP contribution in [0.3, 0.4) is 0 Å². The standard InChI is InChI=1S/C22H28ClN3O4S/c1-5-20(22(28)24-3)25(14-17-10-7-6-9-16(17)2)21(27)15-26(31(4,29)30)19-12-8-11-18(23)13-19/h6-13,20H,5,14-15H2,1-4H3,(H,24,28)/t20-/m0/s1. The number of carbonyl (C=O) groups excluding carboxylic acids is 2. The number of nitrogens with zero attached hydrogens (tertiary/aromatic N) is 2. The van der Waals surface area contributed by atoms with Crippen molar-refractivity contribution in [2.75, 3.05) is 24.2 Å². The molecule has 1 atom stereocenters. The third-order valence-corrected chi connectivity index (χ3v) is 6.39. The molecule has 0 aliphatic rings. The highest BCUT2D eigenvalue weighted by molar-refractivity contribution is 7.92. The Balaban J connectivity index is 2.44. The molecule has 0 aliphatic heterocycles. The first-order chi connectivity index (χ1) is 14.6. The molecule has 9 heteroatoms. The van der Waals surface area contributed by atoms with Crippen LogP contribution in [0.15, 0.2) is 48.5 Å². The molecule has 0 aromatic heterocycles. The molecule has 7 nitrogen and oxygen atoms in total. The van der Waals surface area contributed by atoms with Gasteiger partial charge >= 0.3 is 0 Å². The van der Waals surface area contributed by atoms with Crippen molar-refractivity contribution in [1.82, 2.24) is 10.2 Å². The number of aryl methyl sites for hydroxylation is 1. The van der Waals surface area contributed by atoms with Crippen LogP contribution in [0.1, 0.15) is 24.5 Å². The minimum atomic E-state index is -3.78. The Bertz CT molecular complexity index is 1040. The fraction of sp³-hybridized carbons (Fsp3) is 0.364. The maximum atomic E-state index is 13.4. The maximum Gasteiger partial charge on any atom is 0.244 e. The fourth-order valence-electron chi connectivity index (χ4n) is 3.30. The average molecular weight is 466 g/mol. The molecule has 0 radical (unpaired) electrons. The molecular weight excluding hydrogens is 438 g/mol. The van der Waals surface area contributed by atoms with Gasteiger partial charge in [0, 0.05) is 18.6 Å². The van der Waals surface area contributed by atoms with Crippen LogP contribution in [-0.4, -0.2) is 51.0 Å². The second kappa shape index (κ2) is 10.6. The molecule has 0 bridgehead atoms. The average Bonchev–Trinajstić information content (AvgIpc) is 2.71. The van der Waals surface area contributed by atoms with E-state index in [4.69, 9.17) is 11.6 Å². The third-order valence-electron chi connectivity index (χ3n) is 5.01. The van der Waals surface area contributed by atoms with Gasteiger partial charge in [0.25, 0.3) is 0 Å². The van der Waals surface area contributed by atoms with E-state index in [9.17, 15) is 18.0 Å². The van der Waals surface area contributed by atoms with Crippen LogP contribution >= 0.6 is 11.6 Å². The van der Waals surface area contributed by atoms with Crippen LogP contribution in [0.4, 0.5) is 5.69 Å². The van der Waals surface area contributed by atoms with Crippen LogP contribution in [0.25, 0.3) is 0 Å².